The van der Waals surface area contributed by atoms with E-state index in [-0.39, 0.29) is 48.8 Å². The molecule has 0 aromatic heterocycles. The molecular formula is C30H28F3NO4. The molecule has 5 nitrogen and oxygen atoms in total. The Morgan fingerprint density at radius 3 is 2.11 bits per heavy atom. The number of aliphatic hydroxyl groups is 1. The molecular weight excluding hydrogens is 495 g/mol. The molecule has 1 N–H and O–H groups in total. The Hall–Kier alpha value is -3.52. The van der Waals surface area contributed by atoms with Gasteiger partial charge in [0.25, 0.3) is 0 Å². The Balaban J connectivity index is 1.20. The van der Waals surface area contributed by atoms with Crippen molar-refractivity contribution in [3.05, 3.63) is 89.0 Å². The summed E-state index contributed by atoms with van der Waals surface area (Å²) in [5, 5.41) is 11.6. The van der Waals surface area contributed by atoms with Crippen LogP contribution in [0.2, 0.25) is 0 Å². The lowest BCUT2D eigenvalue weighted by atomic mass is 9.80. The minimum absolute atomic E-state index is 0.0366. The third kappa shape index (κ3) is 4.11. The maximum absolute atomic E-state index is 13.5. The van der Waals surface area contributed by atoms with Crippen LogP contribution >= 0.6 is 0 Å². The van der Waals surface area contributed by atoms with E-state index in [4.69, 9.17) is 9.47 Å². The molecule has 3 aliphatic rings. The van der Waals surface area contributed by atoms with E-state index in [0.717, 1.165) is 34.4 Å². The van der Waals surface area contributed by atoms with Crippen LogP contribution in [0.4, 0.5) is 18.0 Å². The summed E-state index contributed by atoms with van der Waals surface area (Å²) in [6.45, 7) is 0.192. The molecule has 198 valence electrons. The summed E-state index contributed by atoms with van der Waals surface area (Å²) in [4.78, 5) is 15.0. The monoisotopic (exact) mass is 523 g/mol. The van der Waals surface area contributed by atoms with Crippen molar-refractivity contribution in [2.75, 3.05) is 13.7 Å². The molecule has 3 aromatic rings. The number of piperidine rings is 1. The zero-order chi connectivity index (χ0) is 26.7. The van der Waals surface area contributed by atoms with Gasteiger partial charge >= 0.3 is 12.3 Å². The predicted molar refractivity (Wildman–Crippen MR) is 135 cm³/mol. The number of carbonyl (C=O) groups excluding carboxylic acids is 1. The van der Waals surface area contributed by atoms with E-state index in [1.54, 1.807) is 4.90 Å². The van der Waals surface area contributed by atoms with Gasteiger partial charge in [0.2, 0.25) is 0 Å². The van der Waals surface area contributed by atoms with Crippen molar-refractivity contribution in [2.45, 2.75) is 55.5 Å². The van der Waals surface area contributed by atoms with Crippen LogP contribution in [0.1, 0.15) is 53.9 Å². The van der Waals surface area contributed by atoms with E-state index in [2.05, 4.69) is 24.3 Å². The molecule has 2 aliphatic heterocycles. The van der Waals surface area contributed by atoms with Gasteiger partial charge in [0.05, 0.1) is 18.3 Å². The van der Waals surface area contributed by atoms with Gasteiger partial charge < -0.3 is 19.5 Å². The number of benzene rings is 3. The minimum Gasteiger partial charge on any atom is -0.497 e. The zero-order valence-electron chi connectivity index (χ0n) is 20.9. The van der Waals surface area contributed by atoms with E-state index in [0.29, 0.717) is 12.8 Å². The van der Waals surface area contributed by atoms with Crippen LogP contribution in [-0.2, 0) is 16.5 Å². The molecule has 1 aliphatic carbocycles. The highest BCUT2D eigenvalue weighted by atomic mass is 19.4. The van der Waals surface area contributed by atoms with Gasteiger partial charge in [-0.05, 0) is 58.9 Å². The number of fused-ring (bicyclic) bond motifs is 5. The fourth-order valence-corrected chi connectivity index (χ4v) is 6.58. The molecule has 2 atom stereocenters. The Morgan fingerprint density at radius 2 is 1.55 bits per heavy atom. The molecule has 3 aromatic carbocycles. The largest absolute Gasteiger partial charge is 0.497 e. The molecule has 2 unspecified atom stereocenters. The van der Waals surface area contributed by atoms with E-state index in [9.17, 15) is 23.1 Å². The van der Waals surface area contributed by atoms with Gasteiger partial charge in [-0.2, -0.15) is 13.2 Å². The lowest BCUT2D eigenvalue weighted by Gasteiger charge is -2.43. The summed E-state index contributed by atoms with van der Waals surface area (Å²) in [6, 6.07) is 18.9. The van der Waals surface area contributed by atoms with Gasteiger partial charge in [-0.15, -0.1) is 0 Å². The van der Waals surface area contributed by atoms with Gasteiger partial charge in [-0.25, -0.2) is 4.79 Å². The number of carbonyl (C=O) groups is 1. The van der Waals surface area contributed by atoms with Gasteiger partial charge in [0.1, 0.15) is 12.4 Å². The molecule has 6 rings (SSSR count). The SMILES string of the molecule is COc1cc(C(F)(F)F)cc(C2(O)CC3CCC(C2)N3C(=O)OCC2c3ccccc3-c3ccccc32)c1. The third-order valence-corrected chi connectivity index (χ3v) is 8.32. The molecule has 0 saturated carbocycles. The summed E-state index contributed by atoms with van der Waals surface area (Å²) in [7, 11) is 1.30. The van der Waals surface area contributed by atoms with Crippen molar-refractivity contribution in [1.29, 1.82) is 0 Å². The van der Waals surface area contributed by atoms with Crippen molar-refractivity contribution in [3.63, 3.8) is 0 Å². The second-order valence-corrected chi connectivity index (χ2v) is 10.5. The first-order valence-corrected chi connectivity index (χ1v) is 12.8. The lowest BCUT2D eigenvalue weighted by molar-refractivity contribution is -0.138. The van der Waals surface area contributed by atoms with Crippen LogP contribution in [0.25, 0.3) is 11.1 Å². The Bertz CT molecular complexity index is 1330. The molecule has 2 heterocycles. The Labute approximate surface area is 218 Å². The smallest absolute Gasteiger partial charge is 0.416 e. The second-order valence-electron chi connectivity index (χ2n) is 10.5. The van der Waals surface area contributed by atoms with Gasteiger partial charge in [0.15, 0.2) is 0 Å². The number of ether oxygens (including phenoxy) is 2. The molecule has 2 fully saturated rings. The molecule has 2 bridgehead atoms. The summed E-state index contributed by atoms with van der Waals surface area (Å²) in [6.07, 6.45) is -3.42. The van der Waals surface area contributed by atoms with Crippen LogP contribution in [0.3, 0.4) is 0 Å². The number of methoxy groups -OCH3 is 1. The summed E-state index contributed by atoms with van der Waals surface area (Å²) in [5.74, 6) is -0.0298. The first-order chi connectivity index (χ1) is 18.2. The highest BCUT2D eigenvalue weighted by molar-refractivity contribution is 5.79. The van der Waals surface area contributed by atoms with E-state index < -0.39 is 23.4 Å². The maximum Gasteiger partial charge on any atom is 0.416 e. The fraction of sp³-hybridized carbons (Fsp3) is 0.367. The number of hydrogen-bond donors (Lipinski definition) is 1. The fourth-order valence-electron chi connectivity index (χ4n) is 6.58. The first-order valence-electron chi connectivity index (χ1n) is 12.8. The van der Waals surface area contributed by atoms with Gasteiger partial charge in [-0.1, -0.05) is 48.5 Å². The average Bonchev–Trinajstić information content (AvgIpc) is 3.38. The van der Waals surface area contributed by atoms with Crippen molar-refractivity contribution in [1.82, 2.24) is 4.90 Å². The quantitative estimate of drug-likeness (QED) is 0.426. The Morgan fingerprint density at radius 1 is 0.974 bits per heavy atom. The van der Waals surface area contributed by atoms with E-state index in [1.165, 1.54) is 13.2 Å². The summed E-state index contributed by atoms with van der Waals surface area (Å²) >= 11 is 0. The van der Waals surface area contributed by atoms with Crippen LogP contribution < -0.4 is 4.74 Å². The van der Waals surface area contributed by atoms with Gasteiger partial charge in [0, 0.05) is 30.8 Å². The van der Waals surface area contributed by atoms with Crippen LogP contribution in [0.15, 0.2) is 66.7 Å². The van der Waals surface area contributed by atoms with Crippen LogP contribution in [0, 0.1) is 0 Å². The summed E-state index contributed by atoms with van der Waals surface area (Å²) < 4.78 is 51.5. The molecule has 0 radical (unpaired) electrons. The number of nitrogens with zero attached hydrogens (tertiary/aromatic N) is 1. The number of amides is 1. The standard InChI is InChI=1S/C30H28F3NO4/c1-37-22-13-18(12-19(14-22)30(31,32)33)29(36)15-20-10-11-21(16-29)34(20)28(35)38-17-27-25-8-4-2-6-23(25)24-7-3-5-9-26(24)27/h2-9,12-14,20-21,27,36H,10-11,15-17H2,1H3. The van der Waals surface area contributed by atoms with Crippen molar-refractivity contribution < 1.29 is 32.5 Å². The summed E-state index contributed by atoms with van der Waals surface area (Å²) in [5.41, 5.74) is 2.32. The van der Waals surface area contributed by atoms with E-state index in [1.807, 2.05) is 24.3 Å². The maximum atomic E-state index is 13.5. The third-order valence-electron chi connectivity index (χ3n) is 8.32. The number of rotatable bonds is 4. The molecule has 8 heteroatoms. The van der Waals surface area contributed by atoms with Crippen molar-refractivity contribution in [2.24, 2.45) is 0 Å². The normalized spacial score (nSPS) is 24.2. The van der Waals surface area contributed by atoms with Gasteiger partial charge in [-0.3, -0.25) is 0 Å². The lowest BCUT2D eigenvalue weighted by Crippen LogP contribution is -2.52. The average molecular weight is 524 g/mol. The number of halogens is 3. The molecule has 1 amide bonds. The van der Waals surface area contributed by atoms with Crippen LogP contribution in [-0.4, -0.2) is 41.9 Å². The highest BCUT2D eigenvalue weighted by Gasteiger charge is 2.51. The zero-order valence-corrected chi connectivity index (χ0v) is 20.9. The van der Waals surface area contributed by atoms with Crippen LogP contribution in [0.5, 0.6) is 5.75 Å². The highest BCUT2D eigenvalue weighted by Crippen LogP contribution is 2.48. The van der Waals surface area contributed by atoms with E-state index >= 15 is 0 Å². The molecule has 2 saturated heterocycles. The number of hydrogen-bond acceptors (Lipinski definition) is 4. The topological polar surface area (TPSA) is 59.0 Å². The number of alkyl halides is 3. The molecule has 38 heavy (non-hydrogen) atoms. The van der Waals surface area contributed by atoms with Crippen molar-refractivity contribution in [3.8, 4) is 16.9 Å². The minimum atomic E-state index is -4.57. The Kier molecular flexibility index (Phi) is 5.90. The molecule has 0 spiro atoms. The second kappa shape index (κ2) is 9.05. The van der Waals surface area contributed by atoms with Crippen molar-refractivity contribution >= 4 is 6.09 Å². The first kappa shape index (κ1) is 24.8. The predicted octanol–water partition coefficient (Wildman–Crippen LogP) is 6.48.